The third-order valence-corrected chi connectivity index (χ3v) is 6.93. The van der Waals surface area contributed by atoms with Gasteiger partial charge >= 0.3 is 0 Å². The van der Waals surface area contributed by atoms with E-state index in [0.29, 0.717) is 18.6 Å². The molecule has 11 heteroatoms. The lowest BCUT2D eigenvalue weighted by atomic mass is 10.2. The first kappa shape index (κ1) is 23.4. The maximum atomic E-state index is 13.5. The molecule has 170 valence electrons. The third-order valence-electron chi connectivity index (χ3n) is 4.89. The van der Waals surface area contributed by atoms with E-state index in [4.69, 9.17) is 4.74 Å². The molecule has 0 aliphatic rings. The SMILES string of the molecule is CCN(CC)S(=O)(=O)c1ccc(OC)c(NC(=O)Cn2cnc3ccc(F)cc3c2=O)c1. The zero-order valence-electron chi connectivity index (χ0n) is 17.8. The summed E-state index contributed by atoms with van der Waals surface area (Å²) in [4.78, 5) is 29.3. The van der Waals surface area contributed by atoms with Crippen LogP contribution < -0.4 is 15.6 Å². The molecule has 0 aliphatic heterocycles. The van der Waals surface area contributed by atoms with Gasteiger partial charge in [-0.15, -0.1) is 0 Å². The lowest BCUT2D eigenvalue weighted by Gasteiger charge is -2.19. The Morgan fingerprint density at radius 3 is 2.56 bits per heavy atom. The number of carbonyl (C=O) groups excluding carboxylic acids is 1. The minimum atomic E-state index is -3.75. The summed E-state index contributed by atoms with van der Waals surface area (Å²) in [7, 11) is -2.37. The average Bonchev–Trinajstić information content (AvgIpc) is 2.76. The van der Waals surface area contributed by atoms with E-state index >= 15 is 0 Å². The fourth-order valence-electron chi connectivity index (χ4n) is 3.25. The number of hydrogen-bond acceptors (Lipinski definition) is 6. The Balaban J connectivity index is 1.90. The van der Waals surface area contributed by atoms with Crippen LogP contribution in [0.25, 0.3) is 10.9 Å². The van der Waals surface area contributed by atoms with E-state index in [0.717, 1.165) is 10.6 Å². The summed E-state index contributed by atoms with van der Waals surface area (Å²) in [5.74, 6) is -0.946. The lowest BCUT2D eigenvalue weighted by molar-refractivity contribution is -0.116. The molecule has 0 saturated heterocycles. The Kier molecular flexibility index (Phi) is 6.90. The molecule has 0 spiro atoms. The Bertz CT molecular complexity index is 1320. The molecule has 1 N–H and O–H groups in total. The van der Waals surface area contributed by atoms with E-state index in [1.54, 1.807) is 13.8 Å². The van der Waals surface area contributed by atoms with Gasteiger partial charge < -0.3 is 10.1 Å². The number of fused-ring (bicyclic) bond motifs is 1. The molecule has 1 aromatic heterocycles. The molecule has 0 atom stereocenters. The highest BCUT2D eigenvalue weighted by Crippen LogP contribution is 2.29. The quantitative estimate of drug-likeness (QED) is 0.550. The second-order valence-corrected chi connectivity index (χ2v) is 8.78. The first-order chi connectivity index (χ1) is 15.2. The first-order valence-corrected chi connectivity index (χ1v) is 11.3. The molecule has 32 heavy (non-hydrogen) atoms. The van der Waals surface area contributed by atoms with Crippen molar-refractivity contribution in [3.05, 3.63) is 58.9 Å². The van der Waals surface area contributed by atoms with E-state index in [-0.39, 0.29) is 21.7 Å². The van der Waals surface area contributed by atoms with E-state index in [1.165, 1.54) is 48.1 Å². The number of amides is 1. The number of anilines is 1. The van der Waals surface area contributed by atoms with E-state index in [9.17, 15) is 22.4 Å². The van der Waals surface area contributed by atoms with E-state index < -0.39 is 33.9 Å². The second kappa shape index (κ2) is 9.45. The summed E-state index contributed by atoms with van der Waals surface area (Å²) in [6, 6.07) is 7.78. The van der Waals surface area contributed by atoms with Gasteiger partial charge in [0.25, 0.3) is 5.56 Å². The van der Waals surface area contributed by atoms with E-state index in [1.807, 2.05) is 0 Å². The molecule has 2 aromatic carbocycles. The van der Waals surface area contributed by atoms with Crippen molar-refractivity contribution in [2.45, 2.75) is 25.3 Å². The molecule has 0 saturated carbocycles. The number of benzene rings is 2. The number of methoxy groups -OCH3 is 1. The summed E-state index contributed by atoms with van der Waals surface area (Å²) in [6.45, 7) is 3.65. The van der Waals surface area contributed by atoms with Crippen LogP contribution >= 0.6 is 0 Å². The molecule has 9 nitrogen and oxygen atoms in total. The Morgan fingerprint density at radius 2 is 1.91 bits per heavy atom. The topological polar surface area (TPSA) is 111 Å². The predicted octanol–water partition coefficient (Wildman–Crippen LogP) is 2.21. The smallest absolute Gasteiger partial charge is 0.261 e. The minimum absolute atomic E-state index is 0.00249. The van der Waals surface area contributed by atoms with Gasteiger partial charge in [0.15, 0.2) is 0 Å². The van der Waals surface area contributed by atoms with Crippen molar-refractivity contribution in [2.24, 2.45) is 0 Å². The number of rotatable bonds is 8. The fourth-order valence-corrected chi connectivity index (χ4v) is 4.73. The number of hydrogen-bond donors (Lipinski definition) is 1. The number of nitrogens with one attached hydrogen (secondary N) is 1. The molecular formula is C21H23FN4O5S. The number of ether oxygens (including phenoxy) is 1. The number of sulfonamides is 1. The number of carbonyl (C=O) groups is 1. The third kappa shape index (κ3) is 4.63. The summed E-state index contributed by atoms with van der Waals surface area (Å²) in [6.07, 6.45) is 1.20. The molecule has 3 rings (SSSR count). The number of nitrogens with zero attached hydrogens (tertiary/aromatic N) is 3. The number of aromatic nitrogens is 2. The van der Waals surface area contributed by atoms with Gasteiger partial charge in [0.05, 0.1) is 34.9 Å². The van der Waals surface area contributed by atoms with Crippen LogP contribution in [0.15, 0.2) is 52.4 Å². The zero-order chi connectivity index (χ0) is 23.5. The fraction of sp³-hybridized carbons (Fsp3) is 0.286. The Morgan fingerprint density at radius 1 is 1.19 bits per heavy atom. The molecular weight excluding hydrogens is 439 g/mol. The van der Waals surface area contributed by atoms with Gasteiger partial charge in [0.1, 0.15) is 18.1 Å². The maximum Gasteiger partial charge on any atom is 0.261 e. The number of halogens is 1. The monoisotopic (exact) mass is 462 g/mol. The normalized spacial score (nSPS) is 11.7. The molecule has 3 aromatic rings. The predicted molar refractivity (Wildman–Crippen MR) is 118 cm³/mol. The van der Waals surface area contributed by atoms with Gasteiger partial charge in [-0.3, -0.25) is 14.2 Å². The van der Waals surface area contributed by atoms with Gasteiger partial charge in [-0.2, -0.15) is 4.31 Å². The minimum Gasteiger partial charge on any atom is -0.495 e. The van der Waals surface area contributed by atoms with Crippen molar-refractivity contribution in [3.63, 3.8) is 0 Å². The lowest BCUT2D eigenvalue weighted by Crippen LogP contribution is -2.31. The highest BCUT2D eigenvalue weighted by Gasteiger charge is 2.23. The van der Waals surface area contributed by atoms with Crippen molar-refractivity contribution in [1.29, 1.82) is 0 Å². The zero-order valence-corrected chi connectivity index (χ0v) is 18.6. The van der Waals surface area contributed by atoms with Gasteiger partial charge in [0, 0.05) is 13.1 Å². The van der Waals surface area contributed by atoms with Crippen LogP contribution in [0.5, 0.6) is 5.75 Å². The van der Waals surface area contributed by atoms with Gasteiger partial charge in [0.2, 0.25) is 15.9 Å². The molecule has 0 fully saturated rings. The van der Waals surface area contributed by atoms with Crippen LogP contribution in [-0.2, 0) is 21.4 Å². The van der Waals surface area contributed by atoms with Crippen molar-refractivity contribution < 1.29 is 22.3 Å². The van der Waals surface area contributed by atoms with Crippen molar-refractivity contribution in [1.82, 2.24) is 13.9 Å². The first-order valence-electron chi connectivity index (χ1n) is 9.84. The standard InChI is InChI=1S/C21H23FN4O5S/c1-4-26(5-2)32(29,30)15-7-9-19(31-3)18(11-15)24-20(27)12-25-13-23-17-8-6-14(22)10-16(17)21(25)28/h6-11,13H,4-5,12H2,1-3H3,(H,24,27). The molecule has 0 bridgehead atoms. The Hall–Kier alpha value is -3.31. The highest BCUT2D eigenvalue weighted by atomic mass is 32.2. The largest absolute Gasteiger partial charge is 0.495 e. The molecule has 1 heterocycles. The van der Waals surface area contributed by atoms with Gasteiger partial charge in [-0.25, -0.2) is 17.8 Å². The van der Waals surface area contributed by atoms with Crippen LogP contribution in [0.2, 0.25) is 0 Å². The summed E-state index contributed by atoms with van der Waals surface area (Å²) < 4.78 is 46.7. The Labute approximate surface area is 184 Å². The highest BCUT2D eigenvalue weighted by molar-refractivity contribution is 7.89. The molecule has 0 radical (unpaired) electrons. The molecule has 1 amide bonds. The average molecular weight is 463 g/mol. The van der Waals surface area contributed by atoms with Gasteiger partial charge in [-0.1, -0.05) is 13.8 Å². The maximum absolute atomic E-state index is 13.5. The van der Waals surface area contributed by atoms with Crippen LogP contribution in [-0.4, -0.2) is 48.4 Å². The van der Waals surface area contributed by atoms with Crippen molar-refractivity contribution >= 4 is 32.5 Å². The van der Waals surface area contributed by atoms with Crippen LogP contribution in [0.1, 0.15) is 13.8 Å². The van der Waals surface area contributed by atoms with Crippen LogP contribution in [0.4, 0.5) is 10.1 Å². The van der Waals surface area contributed by atoms with Crippen molar-refractivity contribution in [2.75, 3.05) is 25.5 Å². The van der Waals surface area contributed by atoms with E-state index in [2.05, 4.69) is 10.3 Å². The van der Waals surface area contributed by atoms with Crippen molar-refractivity contribution in [3.8, 4) is 5.75 Å². The second-order valence-electron chi connectivity index (χ2n) is 6.84. The molecule has 0 aliphatic carbocycles. The summed E-state index contributed by atoms with van der Waals surface area (Å²) >= 11 is 0. The van der Waals surface area contributed by atoms with Gasteiger partial charge in [-0.05, 0) is 36.4 Å². The summed E-state index contributed by atoms with van der Waals surface area (Å²) in [5, 5.41) is 2.62. The van der Waals surface area contributed by atoms with Crippen LogP contribution in [0.3, 0.4) is 0 Å². The summed E-state index contributed by atoms with van der Waals surface area (Å²) in [5.41, 5.74) is -0.128. The molecule has 0 unspecified atom stereocenters. The van der Waals surface area contributed by atoms with Crippen LogP contribution in [0, 0.1) is 5.82 Å².